The molecule has 0 amide bonds. The third-order valence-corrected chi connectivity index (χ3v) is 8.04. The second-order valence-corrected chi connectivity index (χ2v) is 11.3. The molecule has 2 fully saturated rings. The summed E-state index contributed by atoms with van der Waals surface area (Å²) in [6, 6.07) is 0.559. The summed E-state index contributed by atoms with van der Waals surface area (Å²) >= 11 is 18.4. The Balaban J connectivity index is 0.000000137. The smallest absolute Gasteiger partial charge is 0.224 e. The van der Waals surface area contributed by atoms with Crippen LogP contribution >= 0.6 is 55.1 Å². The van der Waals surface area contributed by atoms with Gasteiger partial charge >= 0.3 is 0 Å². The number of aliphatic hydroxyl groups is 1. The molecule has 0 bridgehead atoms. The van der Waals surface area contributed by atoms with Crippen LogP contribution in [0.3, 0.4) is 0 Å². The molecule has 2 aliphatic carbocycles. The van der Waals surface area contributed by atoms with Crippen molar-refractivity contribution < 1.29 is 5.11 Å². The third-order valence-electron chi connectivity index (χ3n) is 6.39. The number of aliphatic hydroxyl groups excluding tert-OH is 1. The summed E-state index contributed by atoms with van der Waals surface area (Å²) in [6.07, 6.45) is 19.7. The maximum absolute atomic E-state index is 8.91. The first kappa shape index (κ1) is 26.8. The van der Waals surface area contributed by atoms with Crippen molar-refractivity contribution in [3.8, 4) is 0 Å². The number of nitrogens with zero attached hydrogens (tertiary/aromatic N) is 5. The lowest BCUT2D eigenvalue weighted by Gasteiger charge is -2.23. The number of halogens is 4. The number of aromatic amines is 1. The van der Waals surface area contributed by atoms with Crippen molar-refractivity contribution >= 4 is 77.1 Å². The number of nitrogens with one attached hydrogen (secondary N) is 1. The van der Waals surface area contributed by atoms with Gasteiger partial charge in [-0.25, -0.2) is 9.97 Å². The minimum atomic E-state index is 0.0359. The number of fused-ring (bicyclic) bond motifs is 2. The fourth-order valence-corrected chi connectivity index (χ4v) is 5.71. The molecule has 0 spiro atoms. The van der Waals surface area contributed by atoms with E-state index in [1.807, 2.05) is 0 Å². The van der Waals surface area contributed by atoms with E-state index in [1.54, 1.807) is 18.6 Å². The standard InChI is InChI=1S/C12H13BrClN3.C6H3BrClN3.C6H12O/c13-10-7-17(8-4-2-1-3-5-8)11-9(10)6-15-12(14)16-11;7-4-2-9-5-3(4)1-10-6(8)11-5;7-6-4-2-1-3-5-6/h6-8H,1-5H2;1-2H,(H,9,10,11);6-7H,1-5H2. The average molecular weight is 647 g/mol. The van der Waals surface area contributed by atoms with Gasteiger partial charge in [-0.1, -0.05) is 38.5 Å². The number of aromatic nitrogens is 6. The zero-order valence-corrected chi connectivity index (χ0v) is 23.9. The Hall–Kier alpha value is -1.26. The van der Waals surface area contributed by atoms with Crippen LogP contribution < -0.4 is 0 Å². The van der Waals surface area contributed by atoms with Crippen LogP contribution in [0.5, 0.6) is 0 Å². The van der Waals surface area contributed by atoms with Gasteiger partial charge in [0.15, 0.2) is 0 Å². The van der Waals surface area contributed by atoms with Gasteiger partial charge in [0.1, 0.15) is 11.3 Å². The summed E-state index contributed by atoms with van der Waals surface area (Å²) < 4.78 is 4.26. The molecule has 0 aromatic carbocycles. The molecular weight excluding hydrogens is 619 g/mol. The van der Waals surface area contributed by atoms with E-state index in [2.05, 4.69) is 67.5 Å². The molecule has 4 aromatic heterocycles. The zero-order chi connectivity index (χ0) is 24.8. The van der Waals surface area contributed by atoms with Crippen LogP contribution in [0.2, 0.25) is 10.6 Å². The predicted octanol–water partition coefficient (Wildman–Crippen LogP) is 8.04. The molecule has 2 aliphatic rings. The highest BCUT2D eigenvalue weighted by molar-refractivity contribution is 9.11. The van der Waals surface area contributed by atoms with E-state index in [4.69, 9.17) is 28.3 Å². The van der Waals surface area contributed by atoms with Crippen LogP contribution in [0.1, 0.15) is 70.3 Å². The second-order valence-electron chi connectivity index (χ2n) is 8.88. The van der Waals surface area contributed by atoms with Crippen LogP contribution in [0, 0.1) is 0 Å². The predicted molar refractivity (Wildman–Crippen MR) is 148 cm³/mol. The highest BCUT2D eigenvalue weighted by Crippen LogP contribution is 2.34. The lowest BCUT2D eigenvalue weighted by molar-refractivity contribution is 0.130. The maximum atomic E-state index is 8.91. The van der Waals surface area contributed by atoms with Gasteiger partial charge in [0.2, 0.25) is 10.6 Å². The Labute approximate surface area is 231 Å². The van der Waals surface area contributed by atoms with E-state index >= 15 is 0 Å². The van der Waals surface area contributed by atoms with Gasteiger partial charge in [0, 0.05) is 39.8 Å². The number of H-pyrrole nitrogens is 1. The van der Waals surface area contributed by atoms with E-state index < -0.39 is 0 Å². The van der Waals surface area contributed by atoms with Crippen molar-refractivity contribution in [3.05, 3.63) is 44.3 Å². The van der Waals surface area contributed by atoms with Gasteiger partial charge < -0.3 is 14.7 Å². The molecule has 6 rings (SSSR count). The monoisotopic (exact) mass is 644 g/mol. The van der Waals surface area contributed by atoms with Crippen LogP contribution in [0.25, 0.3) is 22.1 Å². The average Bonchev–Trinajstić information content (AvgIpc) is 3.39. The summed E-state index contributed by atoms with van der Waals surface area (Å²) in [5.74, 6) is 0. The second kappa shape index (κ2) is 12.8. The van der Waals surface area contributed by atoms with Gasteiger partial charge in [-0.15, -0.1) is 0 Å². The van der Waals surface area contributed by atoms with Crippen LogP contribution in [-0.4, -0.2) is 40.7 Å². The quantitative estimate of drug-likeness (QED) is 0.204. The Bertz CT molecular complexity index is 1250. The Morgan fingerprint density at radius 1 is 0.829 bits per heavy atom. The Morgan fingerprint density at radius 3 is 2.06 bits per heavy atom. The molecule has 0 atom stereocenters. The van der Waals surface area contributed by atoms with Crippen molar-refractivity contribution in [2.75, 3.05) is 0 Å². The van der Waals surface area contributed by atoms with Crippen LogP contribution in [-0.2, 0) is 0 Å². The molecule has 0 aliphatic heterocycles. The molecule has 2 saturated carbocycles. The molecule has 11 heteroatoms. The summed E-state index contributed by atoms with van der Waals surface area (Å²) in [6.45, 7) is 0. The van der Waals surface area contributed by atoms with Crippen molar-refractivity contribution in [1.82, 2.24) is 29.5 Å². The molecule has 35 heavy (non-hydrogen) atoms. The van der Waals surface area contributed by atoms with Crippen molar-refractivity contribution in [3.63, 3.8) is 0 Å². The number of rotatable bonds is 1. The minimum Gasteiger partial charge on any atom is -0.393 e. The molecule has 0 radical (unpaired) electrons. The summed E-state index contributed by atoms with van der Waals surface area (Å²) in [5.41, 5.74) is 1.70. The van der Waals surface area contributed by atoms with Gasteiger partial charge in [-0.3, -0.25) is 0 Å². The van der Waals surface area contributed by atoms with Crippen LogP contribution in [0.4, 0.5) is 0 Å². The third kappa shape index (κ3) is 7.16. The van der Waals surface area contributed by atoms with E-state index in [0.717, 1.165) is 43.9 Å². The first-order valence-corrected chi connectivity index (χ1v) is 14.3. The molecule has 188 valence electrons. The normalized spacial score (nSPS) is 17.1. The van der Waals surface area contributed by atoms with Crippen LogP contribution in [0.15, 0.2) is 33.7 Å². The number of hydrogen-bond acceptors (Lipinski definition) is 5. The van der Waals surface area contributed by atoms with Crippen molar-refractivity contribution in [2.45, 2.75) is 76.4 Å². The molecule has 4 aromatic rings. The molecule has 4 heterocycles. The lowest BCUT2D eigenvalue weighted by atomic mass is 9.95. The molecular formula is C24H28Br2Cl2N6O. The largest absolute Gasteiger partial charge is 0.393 e. The van der Waals surface area contributed by atoms with Gasteiger partial charge in [-0.05, 0) is 80.7 Å². The zero-order valence-electron chi connectivity index (χ0n) is 19.2. The Morgan fingerprint density at radius 2 is 1.43 bits per heavy atom. The van der Waals surface area contributed by atoms with E-state index in [9.17, 15) is 0 Å². The topological polar surface area (TPSA) is 92.5 Å². The fraction of sp³-hybridized carbons (Fsp3) is 0.500. The van der Waals surface area contributed by atoms with Gasteiger partial charge in [-0.2, -0.15) is 9.97 Å². The summed E-state index contributed by atoms with van der Waals surface area (Å²) in [4.78, 5) is 19.2. The lowest BCUT2D eigenvalue weighted by Crippen LogP contribution is -2.12. The maximum Gasteiger partial charge on any atom is 0.224 e. The molecule has 0 unspecified atom stereocenters. The van der Waals surface area contributed by atoms with Crippen molar-refractivity contribution in [1.29, 1.82) is 0 Å². The SMILES string of the molecule is Clc1ncc2c(Br)c[nH]c2n1.Clc1ncc2c(Br)cn(C3CCCCC3)c2n1.OC1CCCCC1. The summed E-state index contributed by atoms with van der Waals surface area (Å²) in [5, 5.41) is 11.5. The fourth-order valence-electron chi connectivity index (χ4n) is 4.54. The van der Waals surface area contributed by atoms with Crippen molar-refractivity contribution in [2.24, 2.45) is 0 Å². The van der Waals surface area contributed by atoms with E-state index in [-0.39, 0.29) is 11.4 Å². The molecule has 0 saturated heterocycles. The number of hydrogen-bond donors (Lipinski definition) is 2. The highest BCUT2D eigenvalue weighted by atomic mass is 79.9. The Kier molecular flexibility index (Phi) is 9.81. The highest BCUT2D eigenvalue weighted by Gasteiger charge is 2.19. The van der Waals surface area contributed by atoms with Gasteiger partial charge in [0.05, 0.1) is 16.9 Å². The molecule has 7 nitrogen and oxygen atoms in total. The summed E-state index contributed by atoms with van der Waals surface area (Å²) in [7, 11) is 0. The first-order chi connectivity index (χ1) is 16.9. The van der Waals surface area contributed by atoms with E-state index in [0.29, 0.717) is 11.3 Å². The van der Waals surface area contributed by atoms with E-state index in [1.165, 1.54) is 51.4 Å². The van der Waals surface area contributed by atoms with Gasteiger partial charge in [0.25, 0.3) is 0 Å². The first-order valence-electron chi connectivity index (χ1n) is 11.9. The minimum absolute atomic E-state index is 0.0359. The molecule has 2 N–H and O–H groups in total.